The molecule has 4 nitrogen and oxygen atoms in total. The predicted molar refractivity (Wildman–Crippen MR) is 130 cm³/mol. The number of nitrogens with zero attached hydrogens (tertiary/aromatic N) is 2. The fraction of sp³-hybridized carbons (Fsp3) is 0.240. The van der Waals surface area contributed by atoms with Gasteiger partial charge in [-0.25, -0.2) is 0 Å². The van der Waals surface area contributed by atoms with E-state index in [-0.39, 0.29) is 0 Å². The van der Waals surface area contributed by atoms with Crippen molar-refractivity contribution in [2.24, 2.45) is 0 Å². The van der Waals surface area contributed by atoms with Crippen LogP contribution in [0.4, 0.5) is 11.4 Å². The largest absolute Gasteiger partial charge is 0.384 e. The molecule has 30 heavy (non-hydrogen) atoms. The van der Waals surface area contributed by atoms with Gasteiger partial charge in [-0.1, -0.05) is 41.9 Å². The quantitative estimate of drug-likeness (QED) is 0.360. The van der Waals surface area contributed by atoms with Crippen LogP contribution in [0.15, 0.2) is 66.9 Å². The Bertz CT molecular complexity index is 1160. The van der Waals surface area contributed by atoms with E-state index in [9.17, 15) is 0 Å². The number of nitrogens with one attached hydrogen (secondary N) is 2. The van der Waals surface area contributed by atoms with Gasteiger partial charge < -0.3 is 15.5 Å². The molecule has 0 saturated heterocycles. The minimum atomic E-state index is 0.711. The van der Waals surface area contributed by atoms with Crippen molar-refractivity contribution in [1.82, 2.24) is 10.3 Å². The minimum Gasteiger partial charge on any atom is -0.384 e. The monoisotopic (exact) mass is 418 g/mol. The van der Waals surface area contributed by atoms with Gasteiger partial charge in [-0.3, -0.25) is 4.98 Å². The smallest absolute Gasteiger partial charge is 0.0737 e. The van der Waals surface area contributed by atoms with Gasteiger partial charge in [-0.15, -0.1) is 0 Å². The van der Waals surface area contributed by atoms with E-state index in [4.69, 9.17) is 11.6 Å². The molecule has 0 spiro atoms. The highest BCUT2D eigenvalue weighted by Gasteiger charge is 2.07. The average molecular weight is 419 g/mol. The number of hydrogen-bond acceptors (Lipinski definition) is 4. The van der Waals surface area contributed by atoms with Gasteiger partial charge in [-0.2, -0.15) is 0 Å². The lowest BCUT2D eigenvalue weighted by atomic mass is 10.0. The molecule has 0 saturated carbocycles. The molecule has 0 atom stereocenters. The second-order valence-corrected chi connectivity index (χ2v) is 8.10. The third-order valence-corrected chi connectivity index (χ3v) is 5.57. The van der Waals surface area contributed by atoms with Crippen LogP contribution in [0.3, 0.4) is 0 Å². The van der Waals surface area contributed by atoms with Crippen LogP contribution in [-0.2, 0) is 6.54 Å². The summed E-state index contributed by atoms with van der Waals surface area (Å²) in [5, 5.41) is 11.5. The third kappa shape index (κ3) is 4.50. The molecule has 3 aromatic carbocycles. The Labute approximate surface area is 182 Å². The Hall–Kier alpha value is -2.82. The molecule has 4 rings (SSSR count). The maximum absolute atomic E-state index is 6.07. The Morgan fingerprint density at radius 2 is 1.73 bits per heavy atom. The summed E-state index contributed by atoms with van der Waals surface area (Å²) in [6.45, 7) is 2.71. The Morgan fingerprint density at radius 3 is 2.57 bits per heavy atom. The zero-order valence-corrected chi connectivity index (χ0v) is 18.2. The Balaban J connectivity index is 1.32. The molecular weight excluding hydrogens is 392 g/mol. The molecule has 0 fully saturated rings. The highest BCUT2D eigenvalue weighted by molar-refractivity contribution is 6.31. The van der Waals surface area contributed by atoms with Gasteiger partial charge in [0.05, 0.1) is 5.52 Å². The number of pyridine rings is 1. The molecule has 0 radical (unpaired) electrons. The first kappa shape index (κ1) is 20.5. The van der Waals surface area contributed by atoms with Gasteiger partial charge in [0, 0.05) is 60.6 Å². The molecule has 2 N–H and O–H groups in total. The molecule has 0 bridgehead atoms. The molecule has 0 aliphatic rings. The molecular formula is C25H27ClN4. The zero-order chi connectivity index (χ0) is 20.9. The maximum Gasteiger partial charge on any atom is 0.0737 e. The fourth-order valence-corrected chi connectivity index (χ4v) is 3.99. The first-order valence-corrected chi connectivity index (χ1v) is 10.7. The summed E-state index contributed by atoms with van der Waals surface area (Å²) in [5.41, 5.74) is 4.60. The molecule has 0 aliphatic heterocycles. The molecule has 4 aromatic rings. The lowest BCUT2D eigenvalue weighted by Gasteiger charge is -2.18. The van der Waals surface area contributed by atoms with Crippen LogP contribution in [-0.4, -0.2) is 32.2 Å². The predicted octanol–water partition coefficient (Wildman–Crippen LogP) is 5.70. The van der Waals surface area contributed by atoms with Crippen molar-refractivity contribution < 1.29 is 0 Å². The van der Waals surface area contributed by atoms with Gasteiger partial charge >= 0.3 is 0 Å². The molecule has 0 aliphatic carbocycles. The normalized spacial score (nSPS) is 11.2. The van der Waals surface area contributed by atoms with E-state index in [1.807, 2.05) is 30.5 Å². The van der Waals surface area contributed by atoms with Crippen molar-refractivity contribution in [3.8, 4) is 0 Å². The number of rotatable bonds is 8. The summed E-state index contributed by atoms with van der Waals surface area (Å²) < 4.78 is 0. The Kier molecular flexibility index (Phi) is 6.36. The second kappa shape index (κ2) is 9.33. The first-order valence-electron chi connectivity index (χ1n) is 10.3. The first-order chi connectivity index (χ1) is 14.6. The lowest BCUT2D eigenvalue weighted by Crippen LogP contribution is -2.18. The molecule has 0 unspecified atom stereocenters. The second-order valence-electron chi connectivity index (χ2n) is 7.66. The number of aromatic nitrogens is 1. The average Bonchev–Trinajstić information content (AvgIpc) is 2.75. The highest BCUT2D eigenvalue weighted by atomic mass is 35.5. The lowest BCUT2D eigenvalue weighted by molar-refractivity contribution is 0.665. The highest BCUT2D eigenvalue weighted by Crippen LogP contribution is 2.28. The number of anilines is 2. The van der Waals surface area contributed by atoms with E-state index in [2.05, 4.69) is 71.0 Å². The molecule has 154 valence electrons. The van der Waals surface area contributed by atoms with Crippen LogP contribution in [0.25, 0.3) is 21.7 Å². The topological polar surface area (TPSA) is 40.2 Å². The van der Waals surface area contributed by atoms with E-state index < -0.39 is 0 Å². The van der Waals surface area contributed by atoms with Crippen LogP contribution in [0, 0.1) is 0 Å². The standard InChI is InChI=1S/C25H27ClN4/c1-30(2)25-11-8-18(20-6-3-4-7-21(20)25)17-27-13-5-14-28-23-12-15-29-24-16-19(26)9-10-22(23)24/h3-4,6-12,15-16,27H,5,13-14,17H2,1-2H3,(H,28,29). The van der Waals surface area contributed by atoms with Crippen molar-refractivity contribution in [3.63, 3.8) is 0 Å². The van der Waals surface area contributed by atoms with E-state index in [1.165, 1.54) is 22.0 Å². The van der Waals surface area contributed by atoms with Crippen LogP contribution in [0.5, 0.6) is 0 Å². The SMILES string of the molecule is CN(C)c1ccc(CNCCCNc2ccnc3cc(Cl)ccc23)c2ccccc12. The van der Waals surface area contributed by atoms with Gasteiger partial charge in [0.25, 0.3) is 0 Å². The molecule has 1 aromatic heterocycles. The summed E-state index contributed by atoms with van der Waals surface area (Å²) in [6, 6.07) is 20.9. The van der Waals surface area contributed by atoms with Crippen LogP contribution in [0.2, 0.25) is 5.02 Å². The fourth-order valence-electron chi connectivity index (χ4n) is 3.82. The van der Waals surface area contributed by atoms with Crippen molar-refractivity contribution in [3.05, 3.63) is 77.4 Å². The van der Waals surface area contributed by atoms with Crippen LogP contribution < -0.4 is 15.5 Å². The third-order valence-electron chi connectivity index (χ3n) is 5.34. The van der Waals surface area contributed by atoms with Gasteiger partial charge in [0.1, 0.15) is 0 Å². The molecule has 5 heteroatoms. The minimum absolute atomic E-state index is 0.711. The molecule has 0 amide bonds. The Morgan fingerprint density at radius 1 is 0.900 bits per heavy atom. The number of hydrogen-bond donors (Lipinski definition) is 2. The van der Waals surface area contributed by atoms with Gasteiger partial charge in [0.15, 0.2) is 0 Å². The van der Waals surface area contributed by atoms with Crippen molar-refractivity contribution in [2.45, 2.75) is 13.0 Å². The van der Waals surface area contributed by atoms with E-state index in [1.54, 1.807) is 0 Å². The summed E-state index contributed by atoms with van der Waals surface area (Å²) in [6.07, 6.45) is 2.85. The molecule has 1 heterocycles. The number of benzene rings is 3. The van der Waals surface area contributed by atoms with Crippen molar-refractivity contribution >= 4 is 44.7 Å². The zero-order valence-electron chi connectivity index (χ0n) is 17.5. The van der Waals surface area contributed by atoms with E-state index in [0.29, 0.717) is 5.02 Å². The van der Waals surface area contributed by atoms with Crippen LogP contribution >= 0.6 is 11.6 Å². The van der Waals surface area contributed by atoms with Crippen LogP contribution in [0.1, 0.15) is 12.0 Å². The van der Waals surface area contributed by atoms with E-state index in [0.717, 1.165) is 42.6 Å². The summed E-state index contributed by atoms with van der Waals surface area (Å²) in [7, 11) is 4.18. The van der Waals surface area contributed by atoms with E-state index >= 15 is 0 Å². The number of fused-ring (bicyclic) bond motifs is 2. The summed E-state index contributed by atoms with van der Waals surface area (Å²) >= 11 is 6.07. The summed E-state index contributed by atoms with van der Waals surface area (Å²) in [5.74, 6) is 0. The van der Waals surface area contributed by atoms with Gasteiger partial charge in [-0.05, 0) is 54.2 Å². The number of halogens is 1. The maximum atomic E-state index is 6.07. The van der Waals surface area contributed by atoms with Gasteiger partial charge in [0.2, 0.25) is 0 Å². The van der Waals surface area contributed by atoms with Crippen molar-refractivity contribution in [1.29, 1.82) is 0 Å². The summed E-state index contributed by atoms with van der Waals surface area (Å²) in [4.78, 5) is 6.56. The van der Waals surface area contributed by atoms with Crippen molar-refractivity contribution in [2.75, 3.05) is 37.4 Å².